The first kappa shape index (κ1) is 30.6. The first-order chi connectivity index (χ1) is 26.7. The Morgan fingerprint density at radius 2 is 0.593 bits per heavy atom. The zero-order chi connectivity index (χ0) is 35.6. The summed E-state index contributed by atoms with van der Waals surface area (Å²) in [5, 5.41) is 15.1. The van der Waals surface area contributed by atoms with Crippen molar-refractivity contribution in [2.45, 2.75) is 0 Å². The van der Waals surface area contributed by atoms with E-state index in [-0.39, 0.29) is 0 Å². The van der Waals surface area contributed by atoms with Gasteiger partial charge < -0.3 is 0 Å². The van der Waals surface area contributed by atoms with Crippen molar-refractivity contribution in [3.8, 4) is 44.5 Å². The summed E-state index contributed by atoms with van der Waals surface area (Å²) in [4.78, 5) is 0. The highest BCUT2D eigenvalue weighted by Gasteiger charge is 2.15. The van der Waals surface area contributed by atoms with Crippen molar-refractivity contribution in [2.24, 2.45) is 0 Å². The van der Waals surface area contributed by atoms with Gasteiger partial charge in [-0.15, -0.1) is 0 Å². The van der Waals surface area contributed by atoms with Gasteiger partial charge in [-0.05, 0) is 152 Å². The Kier molecular flexibility index (Phi) is 6.97. The van der Waals surface area contributed by atoms with E-state index in [1.165, 1.54) is 109 Å². The third kappa shape index (κ3) is 5.15. The van der Waals surface area contributed by atoms with Crippen LogP contribution in [0.5, 0.6) is 0 Å². The second kappa shape index (κ2) is 12.3. The minimum Gasteiger partial charge on any atom is -0.0616 e. The van der Waals surface area contributed by atoms with Crippen LogP contribution in [-0.4, -0.2) is 0 Å². The average Bonchev–Trinajstić information content (AvgIpc) is 3.24. The lowest BCUT2D eigenvalue weighted by molar-refractivity contribution is 1.62. The summed E-state index contributed by atoms with van der Waals surface area (Å²) in [6.07, 6.45) is 0. The molecule has 11 aromatic rings. The molecule has 0 unspecified atom stereocenters. The fourth-order valence-electron chi connectivity index (χ4n) is 8.58. The van der Waals surface area contributed by atoms with Crippen LogP contribution in [0, 0.1) is 0 Å². The first-order valence-electron chi connectivity index (χ1n) is 18.7. The van der Waals surface area contributed by atoms with Gasteiger partial charge in [0.05, 0.1) is 0 Å². The molecule has 0 aliphatic carbocycles. The lowest BCUT2D eigenvalue weighted by atomic mass is 9.87. The highest BCUT2D eigenvalue weighted by Crippen LogP contribution is 2.42. The summed E-state index contributed by atoms with van der Waals surface area (Å²) >= 11 is 0. The van der Waals surface area contributed by atoms with Gasteiger partial charge in [-0.2, -0.15) is 0 Å². The number of fused-ring (bicyclic) bond motifs is 7. The molecule has 0 atom stereocenters. The van der Waals surface area contributed by atoms with Crippen LogP contribution < -0.4 is 0 Å². The lowest BCUT2D eigenvalue weighted by Crippen LogP contribution is -1.89. The normalized spacial score (nSPS) is 11.7. The third-order valence-corrected chi connectivity index (χ3v) is 11.3. The largest absolute Gasteiger partial charge is 0.0616 e. The Hall–Kier alpha value is -7.02. The Balaban J connectivity index is 1.11. The maximum atomic E-state index is 2.40. The standard InChI is InChI=1S/C54H34/c1-3-11-38-28-41(19-16-35(38)8-1)44-25-27-52-49(32-44)33-47-23-21-45(42-20-17-36-9-2-4-12-39(36)29-42)34-53(47)54(52)48-14-7-13-40(31-48)43-24-26-51-46(30-43)22-18-37-10-5-6-15-50(37)51/h1-34H. The quantitative estimate of drug-likeness (QED) is 0.128. The zero-order valence-electron chi connectivity index (χ0n) is 29.6. The first-order valence-corrected chi connectivity index (χ1v) is 18.7. The van der Waals surface area contributed by atoms with Crippen LogP contribution in [0.4, 0.5) is 0 Å². The van der Waals surface area contributed by atoms with Gasteiger partial charge in [-0.3, -0.25) is 0 Å². The molecular weight excluding hydrogens is 649 g/mol. The highest BCUT2D eigenvalue weighted by atomic mass is 14.2. The van der Waals surface area contributed by atoms with Crippen molar-refractivity contribution >= 4 is 64.6 Å². The summed E-state index contributed by atoms with van der Waals surface area (Å²) in [6.45, 7) is 0. The van der Waals surface area contributed by atoms with Gasteiger partial charge in [0, 0.05) is 0 Å². The number of benzene rings is 11. The van der Waals surface area contributed by atoms with E-state index in [0.717, 1.165) is 0 Å². The Morgan fingerprint density at radius 1 is 0.167 bits per heavy atom. The van der Waals surface area contributed by atoms with E-state index in [4.69, 9.17) is 0 Å². The van der Waals surface area contributed by atoms with Crippen molar-refractivity contribution < 1.29 is 0 Å². The molecule has 0 nitrogen and oxygen atoms in total. The van der Waals surface area contributed by atoms with E-state index < -0.39 is 0 Å². The fourth-order valence-corrected chi connectivity index (χ4v) is 8.58. The minimum absolute atomic E-state index is 1.21. The van der Waals surface area contributed by atoms with Crippen molar-refractivity contribution in [2.75, 3.05) is 0 Å². The van der Waals surface area contributed by atoms with Gasteiger partial charge in [-0.1, -0.05) is 164 Å². The van der Waals surface area contributed by atoms with Crippen LogP contribution >= 0.6 is 0 Å². The number of hydrogen-bond donors (Lipinski definition) is 0. The molecule has 0 bridgehead atoms. The second-order valence-electron chi connectivity index (χ2n) is 14.6. The average molecular weight is 683 g/mol. The van der Waals surface area contributed by atoms with E-state index in [2.05, 4.69) is 206 Å². The van der Waals surface area contributed by atoms with Crippen molar-refractivity contribution in [1.82, 2.24) is 0 Å². The van der Waals surface area contributed by atoms with Crippen LogP contribution in [0.2, 0.25) is 0 Å². The molecule has 0 spiro atoms. The summed E-state index contributed by atoms with van der Waals surface area (Å²) in [6, 6.07) is 76.4. The molecule has 54 heavy (non-hydrogen) atoms. The molecule has 0 aromatic heterocycles. The topological polar surface area (TPSA) is 0 Å². The molecule has 0 saturated carbocycles. The predicted octanol–water partition coefficient (Wildman–Crippen LogP) is 15.3. The molecule has 250 valence electrons. The van der Waals surface area contributed by atoms with Crippen LogP contribution in [0.25, 0.3) is 109 Å². The minimum atomic E-state index is 1.21. The smallest absolute Gasteiger partial charge is 0.00264 e. The maximum absolute atomic E-state index is 2.40. The van der Waals surface area contributed by atoms with E-state index >= 15 is 0 Å². The molecule has 0 radical (unpaired) electrons. The Bertz CT molecular complexity index is 3270. The van der Waals surface area contributed by atoms with Crippen molar-refractivity contribution in [1.29, 1.82) is 0 Å². The molecule has 0 aliphatic rings. The SMILES string of the molecule is c1cc(-c2ccc3c(ccc4ccccc43)c2)cc(-c2c3ccc(-c4ccc5ccccc5c4)cc3cc3ccc(-c4ccc5ccccc5c4)cc23)c1. The van der Waals surface area contributed by atoms with Crippen LogP contribution in [0.15, 0.2) is 206 Å². The van der Waals surface area contributed by atoms with Crippen molar-refractivity contribution in [3.05, 3.63) is 206 Å². The summed E-state index contributed by atoms with van der Waals surface area (Å²) < 4.78 is 0. The molecule has 0 fully saturated rings. The van der Waals surface area contributed by atoms with Gasteiger partial charge in [0.15, 0.2) is 0 Å². The van der Waals surface area contributed by atoms with Crippen molar-refractivity contribution in [3.63, 3.8) is 0 Å². The maximum Gasteiger partial charge on any atom is -0.00264 e. The zero-order valence-corrected chi connectivity index (χ0v) is 29.6. The molecule has 11 rings (SSSR count). The van der Waals surface area contributed by atoms with Crippen LogP contribution in [0.1, 0.15) is 0 Å². The van der Waals surface area contributed by atoms with Crippen LogP contribution in [-0.2, 0) is 0 Å². The van der Waals surface area contributed by atoms with E-state index in [9.17, 15) is 0 Å². The molecule has 0 N–H and O–H groups in total. The van der Waals surface area contributed by atoms with Gasteiger partial charge in [0.1, 0.15) is 0 Å². The van der Waals surface area contributed by atoms with Gasteiger partial charge in [0.2, 0.25) is 0 Å². The Morgan fingerprint density at radius 3 is 1.30 bits per heavy atom. The third-order valence-electron chi connectivity index (χ3n) is 11.3. The van der Waals surface area contributed by atoms with E-state index in [1.54, 1.807) is 0 Å². The van der Waals surface area contributed by atoms with Gasteiger partial charge in [-0.25, -0.2) is 0 Å². The second-order valence-corrected chi connectivity index (χ2v) is 14.6. The molecular formula is C54H34. The molecule has 0 heteroatoms. The molecule has 0 saturated heterocycles. The molecule has 0 amide bonds. The van der Waals surface area contributed by atoms with E-state index in [0.29, 0.717) is 0 Å². The molecule has 0 heterocycles. The predicted molar refractivity (Wildman–Crippen MR) is 233 cm³/mol. The fraction of sp³-hybridized carbons (Fsp3) is 0. The Labute approximate surface area is 314 Å². The molecule has 11 aromatic carbocycles. The van der Waals surface area contributed by atoms with E-state index in [1.807, 2.05) is 0 Å². The summed E-state index contributed by atoms with van der Waals surface area (Å²) in [7, 11) is 0. The number of hydrogen-bond acceptors (Lipinski definition) is 0. The van der Waals surface area contributed by atoms with Gasteiger partial charge >= 0.3 is 0 Å². The highest BCUT2D eigenvalue weighted by molar-refractivity contribution is 6.15. The molecule has 0 aliphatic heterocycles. The van der Waals surface area contributed by atoms with Gasteiger partial charge in [0.25, 0.3) is 0 Å². The summed E-state index contributed by atoms with van der Waals surface area (Å²) in [5.41, 5.74) is 9.83. The van der Waals surface area contributed by atoms with Crippen LogP contribution in [0.3, 0.4) is 0 Å². The lowest BCUT2D eigenvalue weighted by Gasteiger charge is -2.16. The monoisotopic (exact) mass is 682 g/mol. The number of rotatable bonds is 4. The summed E-state index contributed by atoms with van der Waals surface area (Å²) in [5.74, 6) is 0.